The Hall–Kier alpha value is -2.03. The van der Waals surface area contributed by atoms with E-state index in [-0.39, 0.29) is 6.42 Å². The topological polar surface area (TPSA) is 35.5 Å². The summed E-state index contributed by atoms with van der Waals surface area (Å²) in [6, 6.07) is 5.53. The molecule has 0 fully saturated rings. The Morgan fingerprint density at radius 3 is 2.38 bits per heavy atom. The summed E-state index contributed by atoms with van der Waals surface area (Å²) in [6.07, 6.45) is 7.11. The van der Waals surface area contributed by atoms with E-state index in [1.165, 1.54) is 0 Å². The molecule has 0 unspecified atom stereocenters. The third kappa shape index (κ3) is 6.30. The Labute approximate surface area is 128 Å². The maximum atomic E-state index is 10.8. The Balaban J connectivity index is 0.00000191. The molecule has 0 N–H and O–H groups in total. The third-order valence-corrected chi connectivity index (χ3v) is 2.74. The molecule has 1 rings (SSSR count). The van der Waals surface area contributed by atoms with Crippen molar-refractivity contribution in [1.82, 2.24) is 0 Å². The number of aldehydes is 1. The van der Waals surface area contributed by atoms with Crippen molar-refractivity contribution in [3.05, 3.63) is 47.6 Å². The number of ether oxygens (including phenoxy) is 2. The summed E-state index contributed by atoms with van der Waals surface area (Å²) in [5.74, 6) is 1.37. The van der Waals surface area contributed by atoms with E-state index < -0.39 is 0 Å². The lowest BCUT2D eigenvalue weighted by Gasteiger charge is -2.13. The number of carbonyl (C=O) groups excluding carboxylic acids is 1. The summed E-state index contributed by atoms with van der Waals surface area (Å²) < 4.78 is 11.0. The van der Waals surface area contributed by atoms with Crippen LogP contribution in [0, 0.1) is 0 Å². The summed E-state index contributed by atoms with van der Waals surface area (Å²) in [4.78, 5) is 10.8. The van der Waals surface area contributed by atoms with Crippen LogP contribution in [-0.4, -0.2) is 20.0 Å². The zero-order chi connectivity index (χ0) is 16.1. The van der Waals surface area contributed by atoms with Crippen LogP contribution in [0.1, 0.15) is 33.3 Å². The Morgan fingerprint density at radius 2 is 1.86 bits per heavy atom. The summed E-state index contributed by atoms with van der Waals surface area (Å²) in [5, 5.41) is 0. The first-order valence-electron chi connectivity index (χ1n) is 7.27. The molecular formula is C18H26O3. The van der Waals surface area contributed by atoms with Crippen LogP contribution in [0.15, 0.2) is 42.0 Å². The standard InChI is InChI=1S/C16H20O3.C2H6/c1-4-7-13(5-2)12-19-16-9-6-8-15(18-3)14(16)10-11-17;1-2/h4-9,11H,10,12H2,1-3H3;1-2H3/b7-4-,13-5+;. The molecule has 0 spiro atoms. The monoisotopic (exact) mass is 290 g/mol. The van der Waals surface area contributed by atoms with Gasteiger partial charge in [0.05, 0.1) is 7.11 Å². The Morgan fingerprint density at radius 1 is 1.19 bits per heavy atom. The second-order valence-electron chi connectivity index (χ2n) is 3.96. The van der Waals surface area contributed by atoms with E-state index in [0.29, 0.717) is 18.1 Å². The fourth-order valence-electron chi connectivity index (χ4n) is 1.76. The summed E-state index contributed by atoms with van der Waals surface area (Å²) in [5.41, 5.74) is 1.87. The van der Waals surface area contributed by atoms with Crippen LogP contribution in [0.5, 0.6) is 11.5 Å². The highest BCUT2D eigenvalue weighted by Crippen LogP contribution is 2.28. The molecule has 0 amide bonds. The highest BCUT2D eigenvalue weighted by atomic mass is 16.5. The molecule has 1 aromatic carbocycles. The summed E-state index contributed by atoms with van der Waals surface area (Å²) in [7, 11) is 1.59. The van der Waals surface area contributed by atoms with Crippen molar-refractivity contribution in [2.24, 2.45) is 0 Å². The zero-order valence-electron chi connectivity index (χ0n) is 13.7. The largest absolute Gasteiger partial charge is 0.496 e. The molecule has 21 heavy (non-hydrogen) atoms. The molecule has 3 heteroatoms. The van der Waals surface area contributed by atoms with Gasteiger partial charge in [-0.1, -0.05) is 38.1 Å². The van der Waals surface area contributed by atoms with Crippen LogP contribution < -0.4 is 9.47 Å². The average molecular weight is 290 g/mol. The van der Waals surface area contributed by atoms with Gasteiger partial charge in [0.1, 0.15) is 24.4 Å². The highest BCUT2D eigenvalue weighted by molar-refractivity contribution is 5.61. The summed E-state index contributed by atoms with van der Waals surface area (Å²) in [6.45, 7) is 8.41. The predicted molar refractivity (Wildman–Crippen MR) is 88.2 cm³/mol. The van der Waals surface area contributed by atoms with Crippen LogP contribution in [0.4, 0.5) is 0 Å². The maximum Gasteiger partial charge on any atom is 0.127 e. The van der Waals surface area contributed by atoms with Crippen molar-refractivity contribution in [1.29, 1.82) is 0 Å². The molecule has 0 bridgehead atoms. The van der Waals surface area contributed by atoms with Crippen molar-refractivity contribution in [2.75, 3.05) is 13.7 Å². The van der Waals surface area contributed by atoms with E-state index in [0.717, 1.165) is 17.4 Å². The number of methoxy groups -OCH3 is 1. The molecule has 0 radical (unpaired) electrons. The molecule has 0 aliphatic heterocycles. The van der Waals surface area contributed by atoms with E-state index in [2.05, 4.69) is 0 Å². The normalized spacial score (nSPS) is 10.8. The van der Waals surface area contributed by atoms with Crippen LogP contribution in [0.2, 0.25) is 0 Å². The first kappa shape index (κ1) is 19.0. The molecule has 0 saturated carbocycles. The number of carbonyl (C=O) groups is 1. The molecule has 0 aliphatic rings. The van der Waals surface area contributed by atoms with E-state index in [9.17, 15) is 4.79 Å². The van der Waals surface area contributed by atoms with Gasteiger partial charge in [0.25, 0.3) is 0 Å². The zero-order valence-corrected chi connectivity index (χ0v) is 13.7. The van der Waals surface area contributed by atoms with Gasteiger partial charge in [-0.05, 0) is 31.6 Å². The van der Waals surface area contributed by atoms with E-state index in [4.69, 9.17) is 9.47 Å². The smallest absolute Gasteiger partial charge is 0.127 e. The fraction of sp³-hybridized carbons (Fsp3) is 0.389. The highest BCUT2D eigenvalue weighted by Gasteiger charge is 2.09. The molecule has 0 atom stereocenters. The maximum absolute atomic E-state index is 10.8. The molecule has 0 aliphatic carbocycles. The minimum Gasteiger partial charge on any atom is -0.496 e. The average Bonchev–Trinajstić information content (AvgIpc) is 2.54. The van der Waals surface area contributed by atoms with E-state index in [1.807, 2.05) is 64.1 Å². The van der Waals surface area contributed by atoms with Crippen molar-refractivity contribution < 1.29 is 14.3 Å². The second kappa shape index (κ2) is 11.8. The van der Waals surface area contributed by atoms with Gasteiger partial charge < -0.3 is 14.3 Å². The minimum atomic E-state index is 0.286. The minimum absolute atomic E-state index is 0.286. The van der Waals surface area contributed by atoms with E-state index in [1.54, 1.807) is 7.11 Å². The number of rotatable bonds is 7. The number of benzene rings is 1. The molecule has 1 aromatic rings. The molecule has 3 nitrogen and oxygen atoms in total. The molecule has 116 valence electrons. The predicted octanol–water partition coefficient (Wildman–Crippen LogP) is 4.36. The Bertz CT molecular complexity index is 473. The lowest BCUT2D eigenvalue weighted by Crippen LogP contribution is -2.04. The number of hydrogen-bond acceptors (Lipinski definition) is 3. The molecule has 0 heterocycles. The van der Waals surface area contributed by atoms with Gasteiger partial charge in [0.2, 0.25) is 0 Å². The lowest BCUT2D eigenvalue weighted by molar-refractivity contribution is -0.107. The number of allylic oxidation sites excluding steroid dienone is 2. The SMILES string of the molecule is C/C=C\C(=C/C)COc1cccc(OC)c1CC=O.CC. The second-order valence-corrected chi connectivity index (χ2v) is 3.96. The number of hydrogen-bond donors (Lipinski definition) is 0. The first-order chi connectivity index (χ1) is 10.3. The van der Waals surface area contributed by atoms with Crippen molar-refractivity contribution in [2.45, 2.75) is 34.1 Å². The van der Waals surface area contributed by atoms with E-state index >= 15 is 0 Å². The van der Waals surface area contributed by atoms with Gasteiger partial charge in [-0.3, -0.25) is 0 Å². The van der Waals surface area contributed by atoms with Crippen LogP contribution in [0.25, 0.3) is 0 Å². The van der Waals surface area contributed by atoms with Crippen molar-refractivity contribution in [3.63, 3.8) is 0 Å². The van der Waals surface area contributed by atoms with Crippen molar-refractivity contribution in [3.8, 4) is 11.5 Å². The molecule has 0 aromatic heterocycles. The van der Waals surface area contributed by atoms with Crippen LogP contribution in [0.3, 0.4) is 0 Å². The van der Waals surface area contributed by atoms with Crippen molar-refractivity contribution >= 4 is 6.29 Å². The van der Waals surface area contributed by atoms with Gasteiger partial charge in [0, 0.05) is 12.0 Å². The molecule has 0 saturated heterocycles. The quantitative estimate of drug-likeness (QED) is 0.553. The van der Waals surface area contributed by atoms with Crippen LogP contribution in [-0.2, 0) is 11.2 Å². The van der Waals surface area contributed by atoms with Gasteiger partial charge in [-0.15, -0.1) is 0 Å². The first-order valence-corrected chi connectivity index (χ1v) is 7.27. The van der Waals surface area contributed by atoms with Gasteiger partial charge in [-0.25, -0.2) is 0 Å². The third-order valence-electron chi connectivity index (χ3n) is 2.74. The van der Waals surface area contributed by atoms with Gasteiger partial charge >= 0.3 is 0 Å². The van der Waals surface area contributed by atoms with Gasteiger partial charge in [0.15, 0.2) is 0 Å². The molecular weight excluding hydrogens is 264 g/mol. The Kier molecular flexibility index (Phi) is 10.6. The van der Waals surface area contributed by atoms with Crippen LogP contribution >= 0.6 is 0 Å². The lowest BCUT2D eigenvalue weighted by atomic mass is 10.1. The summed E-state index contributed by atoms with van der Waals surface area (Å²) >= 11 is 0. The fourth-order valence-corrected chi connectivity index (χ4v) is 1.76. The van der Waals surface area contributed by atoms with Gasteiger partial charge in [-0.2, -0.15) is 0 Å².